The van der Waals surface area contributed by atoms with Gasteiger partial charge in [-0.3, -0.25) is 14.5 Å². The number of aliphatic carboxylic acids is 1. The highest BCUT2D eigenvalue weighted by Gasteiger charge is 2.49. The van der Waals surface area contributed by atoms with Crippen molar-refractivity contribution in [3.63, 3.8) is 0 Å². The van der Waals surface area contributed by atoms with Crippen molar-refractivity contribution in [2.45, 2.75) is 58.5 Å². The minimum Gasteiger partial charge on any atom is -0.480 e. The maximum atomic E-state index is 13.2. The Labute approximate surface area is 171 Å². The second-order valence-corrected chi connectivity index (χ2v) is 7.91. The number of carboxylic acid groups (broad SMARTS) is 1. The van der Waals surface area contributed by atoms with Gasteiger partial charge in [-0.15, -0.1) is 0 Å². The van der Waals surface area contributed by atoms with E-state index in [9.17, 15) is 14.7 Å². The third-order valence-electron chi connectivity index (χ3n) is 6.34. The van der Waals surface area contributed by atoms with Gasteiger partial charge >= 0.3 is 5.97 Å². The molecule has 2 heterocycles. The molecular formula is C23H27N3O3. The van der Waals surface area contributed by atoms with Crippen molar-refractivity contribution < 1.29 is 14.7 Å². The summed E-state index contributed by atoms with van der Waals surface area (Å²) in [7, 11) is 0. The van der Waals surface area contributed by atoms with E-state index in [4.69, 9.17) is 5.26 Å². The Morgan fingerprint density at radius 2 is 1.93 bits per heavy atom. The number of carboxylic acids is 1. The Hall–Kier alpha value is -2.91. The minimum absolute atomic E-state index is 0.0528. The molecule has 1 saturated heterocycles. The first kappa shape index (κ1) is 20.8. The lowest BCUT2D eigenvalue weighted by Gasteiger charge is -2.35. The van der Waals surface area contributed by atoms with Gasteiger partial charge in [-0.2, -0.15) is 5.26 Å². The normalized spacial score (nSPS) is 21.8. The fraction of sp³-hybridized carbons (Fsp3) is 0.435. The van der Waals surface area contributed by atoms with Crippen LogP contribution in [-0.4, -0.2) is 44.5 Å². The predicted octanol–water partition coefficient (Wildman–Crippen LogP) is 3.87. The lowest BCUT2D eigenvalue weighted by Crippen LogP contribution is -2.53. The van der Waals surface area contributed by atoms with E-state index < -0.39 is 11.5 Å². The molecule has 0 aliphatic carbocycles. The molecule has 0 saturated carbocycles. The summed E-state index contributed by atoms with van der Waals surface area (Å²) in [5, 5.41) is 18.8. The van der Waals surface area contributed by atoms with E-state index in [2.05, 4.69) is 6.07 Å². The standard InChI is InChI=1S/C23H27N3O3/c1-5-23(22(28)29)11-10-15(2)25(23)14-21(27)20-12-16(3)26(17(20)4)19-8-6-18(13-24)7-9-19/h6-9,12,15H,5,10-11,14H2,1-4H3,(H,28,29). The molecule has 0 radical (unpaired) electrons. The molecule has 152 valence electrons. The van der Waals surface area contributed by atoms with Gasteiger partial charge in [-0.1, -0.05) is 6.92 Å². The number of hydrogen-bond donors (Lipinski definition) is 1. The lowest BCUT2D eigenvalue weighted by atomic mass is 9.92. The maximum absolute atomic E-state index is 13.2. The second kappa shape index (κ2) is 7.84. The number of carbonyl (C=O) groups is 2. The van der Waals surface area contributed by atoms with E-state index in [1.54, 1.807) is 12.1 Å². The lowest BCUT2D eigenvalue weighted by molar-refractivity contribution is -0.150. The average molecular weight is 393 g/mol. The fourth-order valence-corrected chi connectivity index (χ4v) is 4.60. The Bertz CT molecular complexity index is 984. The van der Waals surface area contributed by atoms with Gasteiger partial charge in [0, 0.05) is 28.7 Å². The third-order valence-corrected chi connectivity index (χ3v) is 6.34. The van der Waals surface area contributed by atoms with E-state index in [1.165, 1.54) is 0 Å². The fourth-order valence-electron chi connectivity index (χ4n) is 4.60. The summed E-state index contributed by atoms with van der Waals surface area (Å²) < 4.78 is 1.99. The van der Waals surface area contributed by atoms with Crippen LogP contribution in [0.15, 0.2) is 30.3 Å². The quantitative estimate of drug-likeness (QED) is 0.753. The van der Waals surface area contributed by atoms with Crippen LogP contribution < -0.4 is 0 Å². The molecule has 1 aromatic carbocycles. The largest absolute Gasteiger partial charge is 0.480 e. The molecular weight excluding hydrogens is 366 g/mol. The molecule has 0 amide bonds. The summed E-state index contributed by atoms with van der Waals surface area (Å²) in [6.07, 6.45) is 1.82. The van der Waals surface area contributed by atoms with Crippen LogP contribution in [0.1, 0.15) is 60.4 Å². The second-order valence-electron chi connectivity index (χ2n) is 7.91. The first-order valence-electron chi connectivity index (χ1n) is 9.98. The number of Topliss-reactive ketones (excluding diaryl/α,β-unsaturated/α-hetero) is 1. The molecule has 1 N–H and O–H groups in total. The Morgan fingerprint density at radius 3 is 2.48 bits per heavy atom. The highest BCUT2D eigenvalue weighted by atomic mass is 16.4. The van der Waals surface area contributed by atoms with Crippen molar-refractivity contribution in [3.8, 4) is 11.8 Å². The Kier molecular flexibility index (Phi) is 5.63. The van der Waals surface area contributed by atoms with Crippen LogP contribution in [0.25, 0.3) is 5.69 Å². The first-order chi connectivity index (χ1) is 13.7. The van der Waals surface area contributed by atoms with Crippen molar-refractivity contribution in [2.75, 3.05) is 6.54 Å². The summed E-state index contributed by atoms with van der Waals surface area (Å²) in [6.45, 7) is 7.80. The van der Waals surface area contributed by atoms with E-state index in [0.717, 1.165) is 23.5 Å². The zero-order valence-electron chi connectivity index (χ0n) is 17.4. The van der Waals surface area contributed by atoms with E-state index in [1.807, 2.05) is 55.4 Å². The van der Waals surface area contributed by atoms with Crippen LogP contribution in [0.3, 0.4) is 0 Å². The summed E-state index contributed by atoms with van der Waals surface area (Å²) in [5.74, 6) is -0.911. The van der Waals surface area contributed by atoms with Crippen molar-refractivity contribution in [3.05, 3.63) is 52.8 Å². The molecule has 2 aromatic rings. The van der Waals surface area contributed by atoms with E-state index >= 15 is 0 Å². The Morgan fingerprint density at radius 1 is 1.28 bits per heavy atom. The number of carbonyl (C=O) groups excluding carboxylic acids is 1. The molecule has 2 atom stereocenters. The van der Waals surface area contributed by atoms with Gasteiger partial charge in [0.25, 0.3) is 0 Å². The van der Waals surface area contributed by atoms with Gasteiger partial charge < -0.3 is 9.67 Å². The smallest absolute Gasteiger partial charge is 0.324 e. The SMILES string of the molecule is CCC1(C(=O)O)CCC(C)N1CC(=O)c1cc(C)n(-c2ccc(C#N)cc2)c1C. The summed E-state index contributed by atoms with van der Waals surface area (Å²) >= 11 is 0. The predicted molar refractivity (Wildman–Crippen MR) is 110 cm³/mol. The van der Waals surface area contributed by atoms with Gasteiger partial charge in [0.05, 0.1) is 18.2 Å². The average Bonchev–Trinajstić information content (AvgIpc) is 3.19. The summed E-state index contributed by atoms with van der Waals surface area (Å²) in [4.78, 5) is 27.1. The molecule has 0 bridgehead atoms. The number of hydrogen-bond acceptors (Lipinski definition) is 4. The maximum Gasteiger partial charge on any atom is 0.324 e. The first-order valence-corrected chi connectivity index (χ1v) is 9.98. The van der Waals surface area contributed by atoms with Crippen molar-refractivity contribution in [2.24, 2.45) is 0 Å². The van der Waals surface area contributed by atoms with Crippen LogP contribution in [-0.2, 0) is 4.79 Å². The number of ketones is 1. The molecule has 1 aliphatic rings. The highest BCUT2D eigenvalue weighted by Crippen LogP contribution is 2.37. The van der Waals surface area contributed by atoms with Crippen LogP contribution in [0.5, 0.6) is 0 Å². The molecule has 1 aliphatic heterocycles. The van der Waals surface area contributed by atoms with Crippen LogP contribution in [0.2, 0.25) is 0 Å². The van der Waals surface area contributed by atoms with Crippen molar-refractivity contribution in [1.82, 2.24) is 9.47 Å². The number of nitrogens with zero attached hydrogens (tertiary/aromatic N) is 3. The highest BCUT2D eigenvalue weighted by molar-refractivity contribution is 5.99. The van der Waals surface area contributed by atoms with Gasteiger partial charge in [-0.05, 0) is 70.4 Å². The zero-order chi connectivity index (χ0) is 21.3. The molecule has 6 heteroatoms. The number of aryl methyl sites for hydroxylation is 1. The zero-order valence-corrected chi connectivity index (χ0v) is 17.4. The van der Waals surface area contributed by atoms with E-state index in [-0.39, 0.29) is 18.4 Å². The monoisotopic (exact) mass is 393 g/mol. The number of rotatable bonds is 6. The number of nitriles is 1. The molecule has 1 fully saturated rings. The van der Waals surface area contributed by atoms with Gasteiger partial charge in [0.1, 0.15) is 5.54 Å². The van der Waals surface area contributed by atoms with E-state index in [0.29, 0.717) is 24.0 Å². The molecule has 0 spiro atoms. The number of likely N-dealkylation sites (tertiary alicyclic amines) is 1. The number of aromatic nitrogens is 1. The van der Waals surface area contributed by atoms with Gasteiger partial charge in [0.15, 0.2) is 5.78 Å². The Balaban J connectivity index is 1.92. The summed E-state index contributed by atoms with van der Waals surface area (Å²) in [6, 6.07) is 11.3. The third kappa shape index (κ3) is 3.47. The molecule has 1 aromatic heterocycles. The molecule has 29 heavy (non-hydrogen) atoms. The van der Waals surface area contributed by atoms with Gasteiger partial charge in [-0.25, -0.2) is 0 Å². The molecule has 3 rings (SSSR count). The molecule has 6 nitrogen and oxygen atoms in total. The van der Waals surface area contributed by atoms with Crippen molar-refractivity contribution >= 4 is 11.8 Å². The van der Waals surface area contributed by atoms with Crippen LogP contribution >= 0.6 is 0 Å². The minimum atomic E-state index is -0.965. The van der Waals surface area contributed by atoms with Crippen LogP contribution in [0, 0.1) is 25.2 Å². The van der Waals surface area contributed by atoms with Crippen LogP contribution in [0.4, 0.5) is 0 Å². The van der Waals surface area contributed by atoms with Crippen molar-refractivity contribution in [1.29, 1.82) is 5.26 Å². The topological polar surface area (TPSA) is 86.3 Å². The van der Waals surface area contributed by atoms with Gasteiger partial charge in [0.2, 0.25) is 0 Å². The molecule has 2 unspecified atom stereocenters. The summed E-state index contributed by atoms with van der Waals surface area (Å²) in [5.41, 5.74) is 2.86. The number of benzene rings is 1.